The molecule has 1 aromatic carbocycles. The number of hydrogen-bond acceptors (Lipinski definition) is 1. The standard InChI is InChI=1S/C10H14FN/c1-10(2,11)9-5-3-4-8(6-9)7-12/h3-6H,7,12H2,1-2H3. The molecule has 0 unspecified atom stereocenters. The monoisotopic (exact) mass is 167 g/mol. The van der Waals surface area contributed by atoms with Crippen molar-refractivity contribution in [1.82, 2.24) is 0 Å². The van der Waals surface area contributed by atoms with Gasteiger partial charge in [-0.05, 0) is 25.0 Å². The largest absolute Gasteiger partial charge is 0.326 e. The molecule has 0 aromatic heterocycles. The predicted molar refractivity (Wildman–Crippen MR) is 48.5 cm³/mol. The van der Waals surface area contributed by atoms with Crippen molar-refractivity contribution < 1.29 is 4.39 Å². The second-order valence-corrected chi connectivity index (χ2v) is 3.38. The van der Waals surface area contributed by atoms with Crippen LogP contribution in [-0.2, 0) is 12.2 Å². The predicted octanol–water partition coefficient (Wildman–Crippen LogP) is 2.35. The minimum atomic E-state index is -1.27. The molecule has 0 heterocycles. The van der Waals surface area contributed by atoms with Crippen molar-refractivity contribution in [1.29, 1.82) is 0 Å². The molecule has 66 valence electrons. The van der Waals surface area contributed by atoms with E-state index in [0.29, 0.717) is 12.1 Å². The van der Waals surface area contributed by atoms with E-state index in [0.717, 1.165) is 5.56 Å². The Labute approximate surface area is 72.4 Å². The van der Waals surface area contributed by atoms with Gasteiger partial charge in [-0.25, -0.2) is 4.39 Å². The summed E-state index contributed by atoms with van der Waals surface area (Å²) < 4.78 is 13.4. The lowest BCUT2D eigenvalue weighted by atomic mass is 9.98. The molecule has 0 fully saturated rings. The zero-order valence-corrected chi connectivity index (χ0v) is 7.47. The Hall–Kier alpha value is -0.890. The van der Waals surface area contributed by atoms with E-state index >= 15 is 0 Å². The van der Waals surface area contributed by atoms with Crippen molar-refractivity contribution >= 4 is 0 Å². The number of alkyl halides is 1. The maximum absolute atomic E-state index is 13.4. The molecule has 0 aliphatic rings. The normalized spacial score (nSPS) is 11.7. The van der Waals surface area contributed by atoms with Crippen molar-refractivity contribution in [3.8, 4) is 0 Å². The fourth-order valence-corrected chi connectivity index (χ4v) is 1.07. The minimum absolute atomic E-state index is 0.462. The molecule has 0 spiro atoms. The van der Waals surface area contributed by atoms with E-state index in [-0.39, 0.29) is 0 Å². The van der Waals surface area contributed by atoms with Gasteiger partial charge in [-0.2, -0.15) is 0 Å². The summed E-state index contributed by atoms with van der Waals surface area (Å²) in [6.07, 6.45) is 0. The van der Waals surface area contributed by atoms with Gasteiger partial charge >= 0.3 is 0 Å². The summed E-state index contributed by atoms with van der Waals surface area (Å²) in [5.74, 6) is 0. The molecule has 1 rings (SSSR count). The van der Waals surface area contributed by atoms with E-state index in [1.54, 1.807) is 26.0 Å². The molecule has 0 aliphatic carbocycles. The highest BCUT2D eigenvalue weighted by molar-refractivity contribution is 5.27. The number of benzene rings is 1. The minimum Gasteiger partial charge on any atom is -0.326 e. The molecule has 0 amide bonds. The Morgan fingerprint density at radius 2 is 2.08 bits per heavy atom. The molecule has 0 saturated heterocycles. The van der Waals surface area contributed by atoms with Gasteiger partial charge < -0.3 is 5.73 Å². The Morgan fingerprint density at radius 1 is 1.42 bits per heavy atom. The first kappa shape index (κ1) is 9.20. The summed E-state index contributed by atoms with van der Waals surface area (Å²) in [6.45, 7) is 3.55. The van der Waals surface area contributed by atoms with E-state index in [1.165, 1.54) is 0 Å². The fourth-order valence-electron chi connectivity index (χ4n) is 1.07. The lowest BCUT2D eigenvalue weighted by molar-refractivity contribution is 0.221. The van der Waals surface area contributed by atoms with Gasteiger partial charge in [0.05, 0.1) is 0 Å². The van der Waals surface area contributed by atoms with Gasteiger partial charge in [0.1, 0.15) is 5.67 Å². The van der Waals surface area contributed by atoms with Crippen molar-refractivity contribution in [2.45, 2.75) is 26.1 Å². The van der Waals surface area contributed by atoms with Gasteiger partial charge in [0, 0.05) is 6.54 Å². The van der Waals surface area contributed by atoms with E-state index < -0.39 is 5.67 Å². The third-order valence-electron chi connectivity index (χ3n) is 1.85. The maximum Gasteiger partial charge on any atom is 0.130 e. The Kier molecular flexibility index (Phi) is 2.48. The van der Waals surface area contributed by atoms with Crippen LogP contribution in [0.5, 0.6) is 0 Å². The van der Waals surface area contributed by atoms with E-state index in [2.05, 4.69) is 0 Å². The Bertz CT molecular complexity index is 263. The molecule has 2 heteroatoms. The molecule has 2 N–H and O–H groups in total. The van der Waals surface area contributed by atoms with Gasteiger partial charge in [0.2, 0.25) is 0 Å². The van der Waals surface area contributed by atoms with Crippen molar-refractivity contribution in [3.63, 3.8) is 0 Å². The molecule has 0 aliphatic heterocycles. The van der Waals surface area contributed by atoms with Crippen LogP contribution in [0.25, 0.3) is 0 Å². The molecule has 1 aromatic rings. The fraction of sp³-hybridized carbons (Fsp3) is 0.400. The second-order valence-electron chi connectivity index (χ2n) is 3.38. The zero-order valence-electron chi connectivity index (χ0n) is 7.47. The van der Waals surface area contributed by atoms with Crippen LogP contribution in [0.1, 0.15) is 25.0 Å². The summed E-state index contributed by atoms with van der Waals surface area (Å²) in [7, 11) is 0. The van der Waals surface area contributed by atoms with Crippen LogP contribution in [0.4, 0.5) is 4.39 Å². The lowest BCUT2D eigenvalue weighted by Crippen LogP contribution is -2.09. The van der Waals surface area contributed by atoms with Crippen LogP contribution in [0, 0.1) is 0 Å². The average Bonchev–Trinajstić information content (AvgIpc) is 2.03. The van der Waals surface area contributed by atoms with Gasteiger partial charge in [0.15, 0.2) is 0 Å². The third-order valence-corrected chi connectivity index (χ3v) is 1.85. The molecule has 0 bridgehead atoms. The van der Waals surface area contributed by atoms with Gasteiger partial charge in [-0.15, -0.1) is 0 Å². The van der Waals surface area contributed by atoms with Crippen molar-refractivity contribution in [2.75, 3.05) is 0 Å². The van der Waals surface area contributed by atoms with E-state index in [9.17, 15) is 4.39 Å². The number of nitrogens with two attached hydrogens (primary N) is 1. The van der Waals surface area contributed by atoms with Crippen LogP contribution in [-0.4, -0.2) is 0 Å². The lowest BCUT2D eigenvalue weighted by Gasteiger charge is -2.15. The maximum atomic E-state index is 13.4. The van der Waals surface area contributed by atoms with Crippen molar-refractivity contribution in [2.24, 2.45) is 5.73 Å². The van der Waals surface area contributed by atoms with Crippen LogP contribution in [0.3, 0.4) is 0 Å². The quantitative estimate of drug-likeness (QED) is 0.718. The van der Waals surface area contributed by atoms with Gasteiger partial charge in [-0.1, -0.05) is 24.3 Å². The second kappa shape index (κ2) is 3.23. The van der Waals surface area contributed by atoms with Crippen LogP contribution < -0.4 is 5.73 Å². The zero-order chi connectivity index (χ0) is 9.19. The average molecular weight is 167 g/mol. The molecular formula is C10H14FN. The molecular weight excluding hydrogens is 153 g/mol. The molecule has 0 atom stereocenters. The van der Waals surface area contributed by atoms with Gasteiger partial charge in [0.25, 0.3) is 0 Å². The summed E-state index contributed by atoms with van der Waals surface area (Å²) in [5, 5.41) is 0. The first-order chi connectivity index (χ1) is 5.54. The molecule has 0 saturated carbocycles. The summed E-state index contributed by atoms with van der Waals surface area (Å²) in [6, 6.07) is 7.31. The third kappa shape index (κ3) is 2.05. The Balaban J connectivity index is 3.02. The first-order valence-corrected chi connectivity index (χ1v) is 4.02. The van der Waals surface area contributed by atoms with E-state index in [4.69, 9.17) is 5.73 Å². The number of rotatable bonds is 2. The van der Waals surface area contributed by atoms with E-state index in [1.807, 2.05) is 12.1 Å². The molecule has 1 nitrogen and oxygen atoms in total. The SMILES string of the molecule is CC(C)(F)c1cccc(CN)c1. The topological polar surface area (TPSA) is 26.0 Å². The highest BCUT2D eigenvalue weighted by Crippen LogP contribution is 2.24. The number of halogens is 1. The van der Waals surface area contributed by atoms with Crippen LogP contribution >= 0.6 is 0 Å². The van der Waals surface area contributed by atoms with Crippen molar-refractivity contribution in [3.05, 3.63) is 35.4 Å². The summed E-state index contributed by atoms with van der Waals surface area (Å²) in [4.78, 5) is 0. The first-order valence-electron chi connectivity index (χ1n) is 4.02. The smallest absolute Gasteiger partial charge is 0.130 e. The van der Waals surface area contributed by atoms with Gasteiger partial charge in [-0.3, -0.25) is 0 Å². The highest BCUT2D eigenvalue weighted by atomic mass is 19.1. The Morgan fingerprint density at radius 3 is 2.58 bits per heavy atom. The summed E-state index contributed by atoms with van der Waals surface area (Å²) >= 11 is 0. The molecule has 12 heavy (non-hydrogen) atoms. The van der Waals surface area contributed by atoms with Crippen LogP contribution in [0.15, 0.2) is 24.3 Å². The highest BCUT2D eigenvalue weighted by Gasteiger charge is 2.18. The van der Waals surface area contributed by atoms with Crippen LogP contribution in [0.2, 0.25) is 0 Å². The molecule has 0 radical (unpaired) electrons. The summed E-state index contributed by atoms with van der Waals surface area (Å²) in [5.41, 5.74) is 5.82. The number of hydrogen-bond donors (Lipinski definition) is 1.